The van der Waals surface area contributed by atoms with Gasteiger partial charge in [-0.15, -0.1) is 0 Å². The summed E-state index contributed by atoms with van der Waals surface area (Å²) >= 11 is 0. The summed E-state index contributed by atoms with van der Waals surface area (Å²) in [5, 5.41) is 27.5. The van der Waals surface area contributed by atoms with Crippen molar-refractivity contribution in [2.24, 2.45) is 5.73 Å². The van der Waals surface area contributed by atoms with E-state index >= 15 is 0 Å². The van der Waals surface area contributed by atoms with Crippen molar-refractivity contribution < 1.29 is 10.0 Å². The van der Waals surface area contributed by atoms with Crippen molar-refractivity contribution in [3.05, 3.63) is 15.8 Å². The summed E-state index contributed by atoms with van der Waals surface area (Å²) in [6.45, 7) is 5.97. The molecule has 0 bridgehead atoms. The Kier molecular flexibility index (Phi) is 5.25. The number of anilines is 1. The van der Waals surface area contributed by atoms with Crippen molar-refractivity contribution in [1.29, 1.82) is 0 Å². The van der Waals surface area contributed by atoms with Crippen molar-refractivity contribution in [3.8, 4) is 0 Å². The van der Waals surface area contributed by atoms with Gasteiger partial charge in [0, 0.05) is 19.1 Å². The minimum Gasteiger partial charge on any atom is -0.392 e. The monoisotopic (exact) mass is 271 g/mol. The fourth-order valence-corrected chi connectivity index (χ4v) is 1.72. The van der Waals surface area contributed by atoms with E-state index in [0.717, 1.165) is 6.42 Å². The van der Waals surface area contributed by atoms with Gasteiger partial charge in [0.1, 0.15) is 5.69 Å². The van der Waals surface area contributed by atoms with Gasteiger partial charge in [-0.1, -0.05) is 6.92 Å². The fraction of sp³-hybridized carbons (Fsp3) is 0.727. The molecular weight excluding hydrogens is 250 g/mol. The largest absolute Gasteiger partial charge is 0.392 e. The summed E-state index contributed by atoms with van der Waals surface area (Å²) in [5.74, 6) is 0.348. The Morgan fingerprint density at radius 3 is 2.74 bits per heavy atom. The lowest BCUT2D eigenvalue weighted by Crippen LogP contribution is -2.39. The maximum atomic E-state index is 11.1. The Balaban J connectivity index is 2.98. The lowest BCUT2D eigenvalue weighted by atomic mass is 10.2. The summed E-state index contributed by atoms with van der Waals surface area (Å²) in [5.41, 5.74) is 6.04. The Morgan fingerprint density at radius 2 is 2.26 bits per heavy atom. The number of nitrogens with zero attached hydrogens (tertiary/aromatic N) is 3. The third-order valence-electron chi connectivity index (χ3n) is 2.84. The highest BCUT2D eigenvalue weighted by Crippen LogP contribution is 2.28. The van der Waals surface area contributed by atoms with Crippen LogP contribution in [0, 0.1) is 17.0 Å². The van der Waals surface area contributed by atoms with E-state index in [4.69, 9.17) is 5.73 Å². The topological polar surface area (TPSA) is 119 Å². The molecule has 1 rings (SSSR count). The van der Waals surface area contributed by atoms with E-state index in [1.807, 2.05) is 6.92 Å². The van der Waals surface area contributed by atoms with Crippen molar-refractivity contribution in [2.45, 2.75) is 45.9 Å². The Morgan fingerprint density at radius 1 is 1.63 bits per heavy atom. The van der Waals surface area contributed by atoms with Gasteiger partial charge in [-0.25, -0.2) is 4.68 Å². The van der Waals surface area contributed by atoms with Crippen LogP contribution in [0.5, 0.6) is 0 Å². The molecule has 19 heavy (non-hydrogen) atoms. The van der Waals surface area contributed by atoms with Crippen LogP contribution >= 0.6 is 0 Å². The van der Waals surface area contributed by atoms with Gasteiger partial charge in [0.2, 0.25) is 5.82 Å². The van der Waals surface area contributed by atoms with Crippen LogP contribution in [0.2, 0.25) is 0 Å². The van der Waals surface area contributed by atoms with Crippen molar-refractivity contribution in [1.82, 2.24) is 9.78 Å². The molecule has 8 nitrogen and oxygen atoms in total. The first-order valence-corrected chi connectivity index (χ1v) is 6.27. The molecule has 0 amide bonds. The van der Waals surface area contributed by atoms with Crippen LogP contribution in [-0.4, -0.2) is 38.5 Å². The number of nitrogens with two attached hydrogens (primary N) is 1. The zero-order valence-corrected chi connectivity index (χ0v) is 11.5. The van der Waals surface area contributed by atoms with E-state index in [1.165, 1.54) is 0 Å². The number of hydrogen-bond donors (Lipinski definition) is 3. The summed E-state index contributed by atoms with van der Waals surface area (Å²) in [6.07, 6.45) is 0.130. The highest BCUT2D eigenvalue weighted by molar-refractivity contribution is 5.59. The molecule has 0 aliphatic carbocycles. The molecule has 0 saturated heterocycles. The molecule has 0 aliphatic heterocycles. The van der Waals surface area contributed by atoms with Gasteiger partial charge >= 0.3 is 5.69 Å². The first-order chi connectivity index (χ1) is 8.88. The van der Waals surface area contributed by atoms with Gasteiger partial charge in [-0.2, -0.15) is 5.10 Å². The Bertz CT molecular complexity index is 444. The SMILES string of the molecule is CCCn1nc(C)c([N+](=O)[O-])c1NCC(N)C(C)O. The van der Waals surface area contributed by atoms with Crippen LogP contribution in [0.3, 0.4) is 0 Å². The second-order valence-corrected chi connectivity index (χ2v) is 4.55. The molecule has 0 radical (unpaired) electrons. The number of aliphatic hydroxyl groups excluding tert-OH is 1. The molecule has 1 heterocycles. The van der Waals surface area contributed by atoms with Crippen LogP contribution in [0.25, 0.3) is 0 Å². The van der Waals surface area contributed by atoms with Crippen LogP contribution < -0.4 is 11.1 Å². The second-order valence-electron chi connectivity index (χ2n) is 4.55. The second kappa shape index (κ2) is 6.48. The number of nitrogens with one attached hydrogen (secondary N) is 1. The Hall–Kier alpha value is -1.67. The molecule has 1 aromatic heterocycles. The molecule has 2 atom stereocenters. The van der Waals surface area contributed by atoms with Gasteiger partial charge in [0.05, 0.1) is 11.0 Å². The van der Waals surface area contributed by atoms with E-state index in [9.17, 15) is 15.2 Å². The zero-order chi connectivity index (χ0) is 14.6. The summed E-state index contributed by atoms with van der Waals surface area (Å²) in [7, 11) is 0. The molecule has 0 aliphatic rings. The van der Waals surface area contributed by atoms with Crippen molar-refractivity contribution in [3.63, 3.8) is 0 Å². The number of hydrogen-bond acceptors (Lipinski definition) is 6. The van der Waals surface area contributed by atoms with Gasteiger partial charge in [0.25, 0.3) is 0 Å². The molecule has 4 N–H and O–H groups in total. The summed E-state index contributed by atoms with van der Waals surface area (Å²) < 4.78 is 1.57. The number of rotatable bonds is 7. The molecular formula is C11H21N5O3. The quantitative estimate of drug-likeness (QED) is 0.494. The predicted molar refractivity (Wildman–Crippen MR) is 72.1 cm³/mol. The average Bonchev–Trinajstić information content (AvgIpc) is 2.62. The van der Waals surface area contributed by atoms with Crippen LogP contribution in [0.1, 0.15) is 26.0 Å². The molecule has 0 aromatic carbocycles. The molecule has 1 aromatic rings. The van der Waals surface area contributed by atoms with Crippen LogP contribution in [0.4, 0.5) is 11.5 Å². The van der Waals surface area contributed by atoms with Crippen LogP contribution in [0.15, 0.2) is 0 Å². The third-order valence-corrected chi connectivity index (χ3v) is 2.84. The number of aryl methyl sites for hydroxylation is 2. The highest BCUT2D eigenvalue weighted by Gasteiger charge is 2.25. The van der Waals surface area contributed by atoms with Crippen molar-refractivity contribution >= 4 is 11.5 Å². The van der Waals surface area contributed by atoms with E-state index < -0.39 is 17.1 Å². The lowest BCUT2D eigenvalue weighted by molar-refractivity contribution is -0.384. The van der Waals surface area contributed by atoms with E-state index in [2.05, 4.69) is 10.4 Å². The smallest absolute Gasteiger partial charge is 0.333 e. The van der Waals surface area contributed by atoms with E-state index in [0.29, 0.717) is 18.1 Å². The van der Waals surface area contributed by atoms with Gasteiger partial charge in [-0.05, 0) is 20.3 Å². The first-order valence-electron chi connectivity index (χ1n) is 6.27. The standard InChI is InChI=1S/C11H21N5O3/c1-4-5-15-11(13-6-9(12)8(3)17)10(16(18)19)7(2)14-15/h8-9,13,17H,4-6,12H2,1-3H3. The maximum Gasteiger partial charge on any atom is 0.333 e. The van der Waals surface area contributed by atoms with E-state index in [-0.39, 0.29) is 12.2 Å². The lowest BCUT2D eigenvalue weighted by Gasteiger charge is -2.16. The average molecular weight is 271 g/mol. The zero-order valence-electron chi connectivity index (χ0n) is 11.5. The number of aromatic nitrogens is 2. The highest BCUT2D eigenvalue weighted by atomic mass is 16.6. The first kappa shape index (κ1) is 15.4. The fourth-order valence-electron chi connectivity index (χ4n) is 1.72. The third kappa shape index (κ3) is 3.65. The van der Waals surface area contributed by atoms with Gasteiger partial charge < -0.3 is 16.2 Å². The molecule has 0 spiro atoms. The Labute approximate surface area is 111 Å². The summed E-state index contributed by atoms with van der Waals surface area (Å²) in [6, 6.07) is -0.495. The molecule has 8 heteroatoms. The minimum absolute atomic E-state index is 0.0359. The van der Waals surface area contributed by atoms with Gasteiger partial charge in [0.15, 0.2) is 0 Å². The normalized spacial score (nSPS) is 14.2. The summed E-state index contributed by atoms with van der Waals surface area (Å²) in [4.78, 5) is 10.6. The number of nitro groups is 1. The molecule has 2 unspecified atom stereocenters. The number of aliphatic hydroxyl groups is 1. The minimum atomic E-state index is -0.685. The molecule has 108 valence electrons. The van der Waals surface area contributed by atoms with Crippen molar-refractivity contribution in [2.75, 3.05) is 11.9 Å². The molecule has 0 saturated carbocycles. The van der Waals surface area contributed by atoms with Crippen LogP contribution in [-0.2, 0) is 6.54 Å². The van der Waals surface area contributed by atoms with E-state index in [1.54, 1.807) is 18.5 Å². The molecule has 0 fully saturated rings. The predicted octanol–water partition coefficient (Wildman–Crippen LogP) is 0.630. The maximum absolute atomic E-state index is 11.1. The van der Waals surface area contributed by atoms with Gasteiger partial charge in [-0.3, -0.25) is 10.1 Å².